The Labute approximate surface area is 103 Å². The van der Waals surface area contributed by atoms with Crippen LogP contribution in [0.15, 0.2) is 0 Å². The number of ether oxygens (including phenoxy) is 1. The van der Waals surface area contributed by atoms with Crippen molar-refractivity contribution in [1.29, 1.82) is 0 Å². The van der Waals surface area contributed by atoms with Gasteiger partial charge in [0.2, 0.25) is 0 Å². The summed E-state index contributed by atoms with van der Waals surface area (Å²) >= 11 is 2.07. The van der Waals surface area contributed by atoms with Crippen molar-refractivity contribution < 1.29 is 4.74 Å². The Morgan fingerprint density at radius 1 is 1.56 bits per heavy atom. The van der Waals surface area contributed by atoms with Crippen LogP contribution in [-0.4, -0.2) is 54.3 Å². The number of thioether (sulfide) groups is 1. The maximum atomic E-state index is 6.10. The van der Waals surface area contributed by atoms with E-state index in [4.69, 9.17) is 10.5 Å². The lowest BCUT2D eigenvalue weighted by atomic mass is 9.86. The molecule has 94 valence electrons. The van der Waals surface area contributed by atoms with Crippen LogP contribution >= 0.6 is 11.8 Å². The molecule has 3 nitrogen and oxygen atoms in total. The molecule has 2 aliphatic heterocycles. The van der Waals surface area contributed by atoms with Gasteiger partial charge in [-0.1, -0.05) is 6.92 Å². The molecular weight excluding hydrogens is 220 g/mol. The van der Waals surface area contributed by atoms with Gasteiger partial charge in [0.25, 0.3) is 0 Å². The largest absolute Gasteiger partial charge is 0.380 e. The van der Waals surface area contributed by atoms with Gasteiger partial charge in [0.15, 0.2) is 0 Å². The minimum Gasteiger partial charge on any atom is -0.380 e. The molecule has 0 bridgehead atoms. The highest BCUT2D eigenvalue weighted by atomic mass is 32.2. The van der Waals surface area contributed by atoms with Crippen molar-refractivity contribution in [2.75, 3.05) is 32.6 Å². The fourth-order valence-corrected chi connectivity index (χ4v) is 4.42. The van der Waals surface area contributed by atoms with Gasteiger partial charge in [0, 0.05) is 30.0 Å². The third kappa shape index (κ3) is 2.13. The zero-order valence-corrected chi connectivity index (χ0v) is 11.3. The minimum absolute atomic E-state index is 0.196. The van der Waals surface area contributed by atoms with Gasteiger partial charge in [-0.15, -0.1) is 0 Å². The highest BCUT2D eigenvalue weighted by Gasteiger charge is 2.44. The minimum atomic E-state index is 0.196. The van der Waals surface area contributed by atoms with Crippen molar-refractivity contribution in [3.8, 4) is 0 Å². The van der Waals surface area contributed by atoms with Crippen LogP contribution < -0.4 is 5.73 Å². The van der Waals surface area contributed by atoms with Crippen molar-refractivity contribution in [2.24, 2.45) is 5.73 Å². The van der Waals surface area contributed by atoms with E-state index in [1.807, 2.05) is 0 Å². The average molecular weight is 244 g/mol. The Kier molecular flexibility index (Phi) is 4.16. The van der Waals surface area contributed by atoms with Gasteiger partial charge in [-0.05, 0) is 32.1 Å². The molecule has 0 aliphatic carbocycles. The van der Waals surface area contributed by atoms with Crippen LogP contribution in [-0.2, 0) is 4.74 Å². The quantitative estimate of drug-likeness (QED) is 0.812. The van der Waals surface area contributed by atoms with Crippen molar-refractivity contribution in [3.63, 3.8) is 0 Å². The van der Waals surface area contributed by atoms with Crippen molar-refractivity contribution in [3.05, 3.63) is 0 Å². The van der Waals surface area contributed by atoms with E-state index in [9.17, 15) is 0 Å². The van der Waals surface area contributed by atoms with E-state index in [0.717, 1.165) is 26.2 Å². The summed E-state index contributed by atoms with van der Waals surface area (Å²) < 4.78 is 5.50. The van der Waals surface area contributed by atoms with Gasteiger partial charge in [-0.25, -0.2) is 0 Å². The second-order valence-electron chi connectivity index (χ2n) is 5.05. The average Bonchev–Trinajstić information content (AvgIpc) is 2.82. The first-order valence-corrected chi connectivity index (χ1v) is 7.38. The molecular formula is C12H24N2OS. The first-order valence-electron chi connectivity index (χ1n) is 6.33. The maximum absolute atomic E-state index is 6.10. The van der Waals surface area contributed by atoms with Crippen molar-refractivity contribution >= 4 is 11.8 Å². The monoisotopic (exact) mass is 244 g/mol. The third-order valence-corrected chi connectivity index (χ3v) is 5.85. The Balaban J connectivity index is 2.11. The topological polar surface area (TPSA) is 38.5 Å². The second-order valence-corrected chi connectivity index (χ2v) is 6.50. The van der Waals surface area contributed by atoms with Crippen LogP contribution in [0.3, 0.4) is 0 Å². The lowest BCUT2D eigenvalue weighted by molar-refractivity contribution is 0.0571. The molecule has 4 heteroatoms. The summed E-state index contributed by atoms with van der Waals surface area (Å²) in [6.07, 6.45) is 3.70. The van der Waals surface area contributed by atoms with Crippen LogP contribution in [0.1, 0.15) is 26.2 Å². The van der Waals surface area contributed by atoms with Gasteiger partial charge in [-0.3, -0.25) is 4.90 Å². The molecule has 0 saturated carbocycles. The summed E-state index contributed by atoms with van der Waals surface area (Å²) in [4.78, 5) is 2.52. The fourth-order valence-electron chi connectivity index (χ4n) is 3.06. The molecule has 2 fully saturated rings. The standard InChI is InChI=1S/C12H24N2OS/c1-10-12(9-13,5-3-7-16-10)14(2)11-4-6-15-8-11/h10-11H,3-9,13H2,1-2H3. The Bertz CT molecular complexity index is 233. The SMILES string of the molecule is CC1SCCCC1(CN)N(C)C1CCOC1. The van der Waals surface area contributed by atoms with E-state index in [-0.39, 0.29) is 5.54 Å². The third-order valence-electron chi connectivity index (χ3n) is 4.39. The first kappa shape index (κ1) is 12.7. The van der Waals surface area contributed by atoms with E-state index < -0.39 is 0 Å². The van der Waals surface area contributed by atoms with E-state index in [1.165, 1.54) is 18.6 Å². The van der Waals surface area contributed by atoms with Gasteiger partial charge in [0.1, 0.15) is 0 Å². The second kappa shape index (κ2) is 5.25. The Hall–Kier alpha value is 0.230. The highest BCUT2D eigenvalue weighted by Crippen LogP contribution is 2.39. The molecule has 3 unspecified atom stereocenters. The number of nitrogens with two attached hydrogens (primary N) is 1. The van der Waals surface area contributed by atoms with Crippen LogP contribution in [0.4, 0.5) is 0 Å². The van der Waals surface area contributed by atoms with E-state index in [2.05, 4.69) is 30.6 Å². The highest BCUT2D eigenvalue weighted by molar-refractivity contribution is 8.00. The molecule has 16 heavy (non-hydrogen) atoms. The Morgan fingerprint density at radius 2 is 2.38 bits per heavy atom. The van der Waals surface area contributed by atoms with Gasteiger partial charge in [0.05, 0.1) is 6.61 Å². The number of hydrogen-bond donors (Lipinski definition) is 1. The predicted octanol–water partition coefficient (Wildman–Crippen LogP) is 1.32. The summed E-state index contributed by atoms with van der Waals surface area (Å²) in [5.41, 5.74) is 6.30. The van der Waals surface area contributed by atoms with E-state index >= 15 is 0 Å². The summed E-state index contributed by atoms with van der Waals surface area (Å²) in [5.74, 6) is 1.29. The zero-order valence-electron chi connectivity index (χ0n) is 10.4. The summed E-state index contributed by atoms with van der Waals surface area (Å²) in [7, 11) is 2.24. The molecule has 0 aromatic heterocycles. The fraction of sp³-hybridized carbons (Fsp3) is 1.00. The number of hydrogen-bond acceptors (Lipinski definition) is 4. The normalized spacial score (nSPS) is 40.5. The summed E-state index contributed by atoms with van der Waals surface area (Å²) in [6.45, 7) is 4.91. The van der Waals surface area contributed by atoms with E-state index in [0.29, 0.717) is 11.3 Å². The van der Waals surface area contributed by atoms with Gasteiger partial charge < -0.3 is 10.5 Å². The zero-order chi connectivity index (χ0) is 11.6. The Morgan fingerprint density at radius 3 is 2.94 bits per heavy atom. The number of rotatable bonds is 3. The van der Waals surface area contributed by atoms with Crippen molar-refractivity contribution in [2.45, 2.75) is 43.0 Å². The lowest BCUT2D eigenvalue weighted by Crippen LogP contribution is -2.62. The summed E-state index contributed by atoms with van der Waals surface area (Å²) in [5, 5.41) is 0.636. The van der Waals surface area contributed by atoms with Crippen LogP contribution in [0, 0.1) is 0 Å². The van der Waals surface area contributed by atoms with Crippen LogP contribution in [0.2, 0.25) is 0 Å². The molecule has 2 aliphatic rings. The predicted molar refractivity (Wildman–Crippen MR) is 69.9 cm³/mol. The summed E-state index contributed by atoms with van der Waals surface area (Å²) in [6, 6.07) is 0.574. The number of nitrogens with zero attached hydrogens (tertiary/aromatic N) is 1. The maximum Gasteiger partial charge on any atom is 0.0622 e. The van der Waals surface area contributed by atoms with Crippen LogP contribution in [0.25, 0.3) is 0 Å². The molecule has 2 saturated heterocycles. The molecule has 2 N–H and O–H groups in total. The number of likely N-dealkylation sites (N-methyl/N-ethyl adjacent to an activating group) is 1. The molecule has 3 atom stereocenters. The van der Waals surface area contributed by atoms with Gasteiger partial charge >= 0.3 is 0 Å². The molecule has 0 radical (unpaired) electrons. The molecule has 0 aromatic carbocycles. The molecule has 2 rings (SSSR count). The van der Waals surface area contributed by atoms with Crippen LogP contribution in [0.5, 0.6) is 0 Å². The molecule has 2 heterocycles. The smallest absolute Gasteiger partial charge is 0.0622 e. The van der Waals surface area contributed by atoms with E-state index in [1.54, 1.807) is 0 Å². The van der Waals surface area contributed by atoms with Gasteiger partial charge in [-0.2, -0.15) is 11.8 Å². The van der Waals surface area contributed by atoms with Crippen molar-refractivity contribution in [1.82, 2.24) is 4.90 Å². The molecule has 0 aromatic rings. The molecule has 0 amide bonds. The molecule has 0 spiro atoms. The lowest BCUT2D eigenvalue weighted by Gasteiger charge is -2.50. The first-order chi connectivity index (χ1) is 7.70.